The van der Waals surface area contributed by atoms with Crippen LogP contribution in [0.3, 0.4) is 0 Å². The molecule has 0 unspecified atom stereocenters. The number of carboxylic acid groups (broad SMARTS) is 1. The largest absolute Gasteiger partial charge is 0.477 e. The van der Waals surface area contributed by atoms with Gasteiger partial charge in [-0.25, -0.2) is 9.78 Å². The first-order chi connectivity index (χ1) is 13.5. The molecule has 0 saturated heterocycles. The number of nitrogens with zero attached hydrogens (tertiary/aromatic N) is 3. The number of H-pyrrole nitrogens is 2. The number of carboxylic acids is 1. The fourth-order valence-corrected chi connectivity index (χ4v) is 2.86. The molecule has 1 amide bonds. The molecule has 4 N–H and O–H groups in total. The summed E-state index contributed by atoms with van der Waals surface area (Å²) in [5.41, 5.74) is 3.41. The summed E-state index contributed by atoms with van der Waals surface area (Å²) in [6.07, 6.45) is 4.87. The highest BCUT2D eigenvalue weighted by molar-refractivity contribution is 5.95. The minimum absolute atomic E-state index is 0.0869. The highest BCUT2D eigenvalue weighted by Gasteiger charge is 2.17. The van der Waals surface area contributed by atoms with Crippen molar-refractivity contribution in [2.75, 3.05) is 0 Å². The van der Waals surface area contributed by atoms with Crippen LogP contribution in [0.2, 0.25) is 0 Å². The number of aromatic nitrogens is 5. The molecule has 0 spiro atoms. The van der Waals surface area contributed by atoms with Crippen molar-refractivity contribution in [3.05, 3.63) is 65.6 Å². The minimum atomic E-state index is -1.04. The molecule has 0 aliphatic rings. The molecule has 4 heterocycles. The predicted octanol–water partition coefficient (Wildman–Crippen LogP) is 2.28. The molecule has 4 aromatic rings. The van der Waals surface area contributed by atoms with Gasteiger partial charge >= 0.3 is 5.97 Å². The monoisotopic (exact) mass is 376 g/mol. The molecule has 0 fully saturated rings. The Labute approximate surface area is 158 Å². The van der Waals surface area contributed by atoms with Crippen molar-refractivity contribution < 1.29 is 14.7 Å². The van der Waals surface area contributed by atoms with Gasteiger partial charge in [0.25, 0.3) is 5.91 Å². The first-order valence-corrected chi connectivity index (χ1v) is 8.47. The Hall–Kier alpha value is -4.01. The van der Waals surface area contributed by atoms with Crippen molar-refractivity contribution in [1.82, 2.24) is 30.2 Å². The summed E-state index contributed by atoms with van der Waals surface area (Å²) < 4.78 is 0. The number of fused-ring (bicyclic) bond motifs is 1. The maximum absolute atomic E-state index is 12.4. The molecule has 28 heavy (non-hydrogen) atoms. The quantitative estimate of drug-likeness (QED) is 0.422. The Morgan fingerprint density at radius 3 is 2.71 bits per heavy atom. The molecule has 0 atom stereocenters. The van der Waals surface area contributed by atoms with Gasteiger partial charge in [-0.05, 0) is 36.8 Å². The van der Waals surface area contributed by atoms with E-state index in [0.29, 0.717) is 34.5 Å². The second-order valence-electron chi connectivity index (χ2n) is 6.24. The van der Waals surface area contributed by atoms with E-state index in [1.165, 1.54) is 6.07 Å². The smallest absolute Gasteiger partial charge is 0.352 e. The van der Waals surface area contributed by atoms with E-state index in [9.17, 15) is 9.59 Å². The number of aromatic amines is 2. The molecule has 0 aliphatic heterocycles. The number of imidazole rings is 1. The Morgan fingerprint density at radius 2 is 1.96 bits per heavy atom. The summed E-state index contributed by atoms with van der Waals surface area (Å²) in [6, 6.07) is 6.91. The van der Waals surface area contributed by atoms with E-state index in [-0.39, 0.29) is 17.4 Å². The van der Waals surface area contributed by atoms with Crippen LogP contribution in [0.25, 0.3) is 22.3 Å². The van der Waals surface area contributed by atoms with Crippen LogP contribution < -0.4 is 5.32 Å². The van der Waals surface area contributed by atoms with Gasteiger partial charge in [-0.2, -0.15) is 0 Å². The summed E-state index contributed by atoms with van der Waals surface area (Å²) in [6.45, 7) is 2.16. The molecule has 140 valence electrons. The van der Waals surface area contributed by atoms with E-state index in [4.69, 9.17) is 5.11 Å². The lowest BCUT2D eigenvalue weighted by Gasteiger charge is -2.02. The SMILES string of the molecule is Cc1[nH]c(C(=O)NCc2ccncc2)nc1-c1cc2cc(C(=O)O)[nH]c2cn1. The molecule has 4 rings (SSSR count). The van der Waals surface area contributed by atoms with Crippen molar-refractivity contribution in [2.45, 2.75) is 13.5 Å². The maximum atomic E-state index is 12.4. The van der Waals surface area contributed by atoms with Crippen LogP contribution in [0, 0.1) is 6.92 Å². The fraction of sp³-hybridized carbons (Fsp3) is 0.105. The second kappa shape index (κ2) is 6.95. The van der Waals surface area contributed by atoms with Gasteiger partial charge in [0.1, 0.15) is 11.4 Å². The molecule has 0 aromatic carbocycles. The molecule has 9 nitrogen and oxygen atoms in total. The molecular weight excluding hydrogens is 360 g/mol. The summed E-state index contributed by atoms with van der Waals surface area (Å²) in [4.78, 5) is 41.9. The predicted molar refractivity (Wildman–Crippen MR) is 101 cm³/mol. The van der Waals surface area contributed by atoms with Crippen molar-refractivity contribution >= 4 is 22.8 Å². The first-order valence-electron chi connectivity index (χ1n) is 8.47. The van der Waals surface area contributed by atoms with Crippen LogP contribution in [0.4, 0.5) is 0 Å². The number of carbonyl (C=O) groups excluding carboxylic acids is 1. The normalized spacial score (nSPS) is 10.9. The molecule has 0 radical (unpaired) electrons. The molecule has 0 saturated carbocycles. The number of aromatic carboxylic acids is 1. The van der Waals surface area contributed by atoms with Crippen molar-refractivity contribution in [3.8, 4) is 11.4 Å². The van der Waals surface area contributed by atoms with E-state index < -0.39 is 5.97 Å². The third kappa shape index (κ3) is 3.32. The number of aryl methyl sites for hydroxylation is 1. The highest BCUT2D eigenvalue weighted by Crippen LogP contribution is 2.24. The zero-order valence-corrected chi connectivity index (χ0v) is 14.9. The number of carbonyl (C=O) groups is 2. The Bertz CT molecular complexity index is 1180. The minimum Gasteiger partial charge on any atom is -0.477 e. The topological polar surface area (TPSA) is 137 Å². The van der Waals surface area contributed by atoms with Gasteiger partial charge in [0.2, 0.25) is 0 Å². The Balaban J connectivity index is 1.57. The van der Waals surface area contributed by atoms with Gasteiger partial charge in [-0.3, -0.25) is 14.8 Å². The lowest BCUT2D eigenvalue weighted by Crippen LogP contribution is -2.24. The van der Waals surface area contributed by atoms with Gasteiger partial charge in [0, 0.05) is 30.0 Å². The van der Waals surface area contributed by atoms with Crippen molar-refractivity contribution in [3.63, 3.8) is 0 Å². The van der Waals surface area contributed by atoms with Gasteiger partial charge in [0.15, 0.2) is 5.82 Å². The van der Waals surface area contributed by atoms with Gasteiger partial charge in [-0.15, -0.1) is 0 Å². The Morgan fingerprint density at radius 1 is 1.18 bits per heavy atom. The molecule has 9 heteroatoms. The van der Waals surface area contributed by atoms with Crippen LogP contribution in [0.5, 0.6) is 0 Å². The molecule has 0 bridgehead atoms. The second-order valence-corrected chi connectivity index (χ2v) is 6.24. The van der Waals surface area contributed by atoms with Gasteiger partial charge in [0.05, 0.1) is 17.4 Å². The fourth-order valence-electron chi connectivity index (χ4n) is 2.86. The zero-order valence-electron chi connectivity index (χ0n) is 14.9. The number of pyridine rings is 2. The number of hydrogen-bond acceptors (Lipinski definition) is 5. The third-order valence-corrected chi connectivity index (χ3v) is 4.28. The van der Waals surface area contributed by atoms with E-state index in [1.54, 1.807) is 31.6 Å². The number of amides is 1. The molecule has 0 aliphatic carbocycles. The number of rotatable bonds is 5. The Kier molecular flexibility index (Phi) is 4.32. The lowest BCUT2D eigenvalue weighted by molar-refractivity contribution is 0.0691. The zero-order chi connectivity index (χ0) is 19.7. The molecular formula is C19H16N6O3. The standard InChI is InChI=1S/C19H16N6O3/c1-10-16(13-6-12-7-14(19(27)28)24-15(12)9-21-13)25-17(23-10)18(26)22-8-11-2-4-20-5-3-11/h2-7,9,24H,8H2,1H3,(H,22,26)(H,23,25)(H,27,28). The number of hydrogen-bond donors (Lipinski definition) is 4. The maximum Gasteiger partial charge on any atom is 0.352 e. The van der Waals surface area contributed by atoms with E-state index in [1.807, 2.05) is 12.1 Å². The van der Waals surface area contributed by atoms with Crippen LogP contribution in [-0.2, 0) is 6.54 Å². The van der Waals surface area contributed by atoms with E-state index in [2.05, 4.69) is 30.2 Å². The summed E-state index contributed by atoms with van der Waals surface area (Å²) >= 11 is 0. The lowest BCUT2D eigenvalue weighted by atomic mass is 10.2. The summed E-state index contributed by atoms with van der Waals surface area (Å²) in [7, 11) is 0. The van der Waals surface area contributed by atoms with E-state index in [0.717, 1.165) is 5.56 Å². The van der Waals surface area contributed by atoms with Gasteiger partial charge < -0.3 is 20.4 Å². The van der Waals surface area contributed by atoms with Crippen LogP contribution in [-0.4, -0.2) is 41.9 Å². The average molecular weight is 376 g/mol. The average Bonchev–Trinajstić information content (AvgIpc) is 3.30. The van der Waals surface area contributed by atoms with Gasteiger partial charge in [-0.1, -0.05) is 0 Å². The summed E-state index contributed by atoms with van der Waals surface area (Å²) in [5.74, 6) is -1.19. The van der Waals surface area contributed by atoms with Crippen LogP contribution in [0.1, 0.15) is 32.4 Å². The first kappa shape index (κ1) is 17.4. The van der Waals surface area contributed by atoms with Crippen LogP contribution in [0.15, 0.2) is 42.9 Å². The third-order valence-electron chi connectivity index (χ3n) is 4.28. The summed E-state index contributed by atoms with van der Waals surface area (Å²) in [5, 5.41) is 12.6. The van der Waals surface area contributed by atoms with E-state index >= 15 is 0 Å². The molecule has 4 aromatic heterocycles. The van der Waals surface area contributed by atoms with Crippen molar-refractivity contribution in [2.24, 2.45) is 0 Å². The number of nitrogens with one attached hydrogen (secondary N) is 3. The van der Waals surface area contributed by atoms with Crippen LogP contribution >= 0.6 is 0 Å². The van der Waals surface area contributed by atoms with Crippen molar-refractivity contribution in [1.29, 1.82) is 0 Å². The highest BCUT2D eigenvalue weighted by atomic mass is 16.4.